The highest BCUT2D eigenvalue weighted by Crippen LogP contribution is 2.32. The number of hydrogen-bond donors (Lipinski definition) is 1. The predicted octanol–water partition coefficient (Wildman–Crippen LogP) is 2.92. The van der Waals surface area contributed by atoms with Crippen molar-refractivity contribution in [2.24, 2.45) is 0 Å². The maximum absolute atomic E-state index is 5.95. The van der Waals surface area contributed by atoms with Crippen molar-refractivity contribution < 1.29 is 9.26 Å². The van der Waals surface area contributed by atoms with Gasteiger partial charge in [0.2, 0.25) is 0 Å². The van der Waals surface area contributed by atoms with Gasteiger partial charge in [-0.05, 0) is 20.8 Å². The monoisotopic (exact) mass is 282 g/mol. The van der Waals surface area contributed by atoms with Crippen molar-refractivity contribution in [1.82, 2.24) is 15.1 Å². The van der Waals surface area contributed by atoms with E-state index in [-0.39, 0.29) is 11.2 Å². The third-order valence-electron chi connectivity index (χ3n) is 2.84. The van der Waals surface area contributed by atoms with Gasteiger partial charge in [0.15, 0.2) is 16.7 Å². The van der Waals surface area contributed by atoms with Gasteiger partial charge in [0.1, 0.15) is 12.1 Å². The summed E-state index contributed by atoms with van der Waals surface area (Å²) in [6, 6.07) is -0.0360. The van der Waals surface area contributed by atoms with Crippen LogP contribution in [-0.4, -0.2) is 22.2 Å². The number of ether oxygens (including phenoxy) is 1. The molecule has 1 atom stereocenters. The van der Waals surface area contributed by atoms with E-state index in [9.17, 15) is 0 Å². The number of hydrogen-bond acceptors (Lipinski definition) is 6. The van der Waals surface area contributed by atoms with Gasteiger partial charge in [-0.15, -0.1) is 0 Å². The molecule has 0 fully saturated rings. The van der Waals surface area contributed by atoms with E-state index >= 15 is 0 Å². The van der Waals surface area contributed by atoms with Gasteiger partial charge >= 0.3 is 0 Å². The van der Waals surface area contributed by atoms with E-state index in [1.54, 1.807) is 0 Å². The molecular formula is C12H15ClN4O2. The first-order chi connectivity index (χ1) is 9.04. The smallest absolute Gasteiger partial charge is 0.198 e. The molecule has 2 aromatic heterocycles. The molecule has 2 aromatic rings. The highest BCUT2D eigenvalue weighted by atomic mass is 35.5. The fraction of sp³-hybridized carbons (Fsp3) is 0.417. The Morgan fingerprint density at radius 3 is 2.68 bits per heavy atom. The van der Waals surface area contributed by atoms with Gasteiger partial charge in [0, 0.05) is 5.56 Å². The fourth-order valence-electron chi connectivity index (χ4n) is 2.02. The average molecular weight is 283 g/mol. The summed E-state index contributed by atoms with van der Waals surface area (Å²) < 4.78 is 10.4. The van der Waals surface area contributed by atoms with E-state index in [0.717, 1.165) is 17.0 Å². The maximum Gasteiger partial charge on any atom is 0.198 e. The highest BCUT2D eigenvalue weighted by molar-refractivity contribution is 6.31. The van der Waals surface area contributed by atoms with Gasteiger partial charge in [-0.2, -0.15) is 0 Å². The normalized spacial score (nSPS) is 12.3. The van der Waals surface area contributed by atoms with Crippen LogP contribution in [0, 0.1) is 13.8 Å². The van der Waals surface area contributed by atoms with Crippen molar-refractivity contribution in [2.75, 3.05) is 12.4 Å². The fourth-order valence-corrected chi connectivity index (χ4v) is 2.23. The van der Waals surface area contributed by atoms with Gasteiger partial charge in [-0.1, -0.05) is 16.8 Å². The lowest BCUT2D eigenvalue weighted by atomic mass is 10.1. The largest absolute Gasteiger partial charge is 0.490 e. The van der Waals surface area contributed by atoms with Crippen molar-refractivity contribution >= 4 is 17.4 Å². The zero-order valence-electron chi connectivity index (χ0n) is 11.2. The van der Waals surface area contributed by atoms with Crippen molar-refractivity contribution in [1.29, 1.82) is 0 Å². The molecule has 6 nitrogen and oxygen atoms in total. The van der Waals surface area contributed by atoms with E-state index in [0.29, 0.717) is 11.6 Å². The van der Waals surface area contributed by atoms with E-state index in [1.807, 2.05) is 20.8 Å². The number of nitrogens with one attached hydrogen (secondary N) is 1. The Kier molecular flexibility index (Phi) is 3.90. The average Bonchev–Trinajstić information content (AvgIpc) is 2.69. The third-order valence-corrected chi connectivity index (χ3v) is 3.11. The molecule has 102 valence electrons. The van der Waals surface area contributed by atoms with Crippen LogP contribution in [-0.2, 0) is 0 Å². The van der Waals surface area contributed by atoms with Gasteiger partial charge in [0.05, 0.1) is 18.8 Å². The van der Waals surface area contributed by atoms with Crippen molar-refractivity contribution in [3.05, 3.63) is 28.5 Å². The molecule has 0 radical (unpaired) electrons. The number of aryl methyl sites for hydroxylation is 2. The van der Waals surface area contributed by atoms with Crippen LogP contribution in [0.25, 0.3) is 0 Å². The van der Waals surface area contributed by atoms with Crippen LogP contribution in [0.5, 0.6) is 5.75 Å². The Morgan fingerprint density at radius 1 is 1.37 bits per heavy atom. The molecule has 0 aromatic carbocycles. The first-order valence-electron chi connectivity index (χ1n) is 5.78. The molecule has 1 N–H and O–H groups in total. The number of methoxy groups -OCH3 is 1. The number of nitrogens with zero attached hydrogens (tertiary/aromatic N) is 3. The Balaban J connectivity index is 2.29. The molecule has 0 aliphatic heterocycles. The Bertz CT molecular complexity index is 566. The van der Waals surface area contributed by atoms with Gasteiger partial charge < -0.3 is 14.6 Å². The lowest BCUT2D eigenvalue weighted by Crippen LogP contribution is -2.11. The Labute approximate surface area is 116 Å². The second-order valence-corrected chi connectivity index (χ2v) is 4.51. The van der Waals surface area contributed by atoms with E-state index in [4.69, 9.17) is 20.9 Å². The molecule has 19 heavy (non-hydrogen) atoms. The second-order valence-electron chi connectivity index (χ2n) is 4.15. The zero-order chi connectivity index (χ0) is 14.0. The summed E-state index contributed by atoms with van der Waals surface area (Å²) in [5, 5.41) is 7.43. The van der Waals surface area contributed by atoms with Crippen LogP contribution in [0.15, 0.2) is 10.9 Å². The molecule has 0 saturated heterocycles. The number of anilines is 1. The Hall–Kier alpha value is -1.82. The van der Waals surface area contributed by atoms with Crippen molar-refractivity contribution in [2.45, 2.75) is 26.8 Å². The summed E-state index contributed by atoms with van der Waals surface area (Å²) in [4.78, 5) is 8.01. The van der Waals surface area contributed by atoms with Crippen LogP contribution in [0.3, 0.4) is 0 Å². The van der Waals surface area contributed by atoms with Gasteiger partial charge in [-0.3, -0.25) is 0 Å². The van der Waals surface area contributed by atoms with Crippen LogP contribution >= 0.6 is 11.6 Å². The molecule has 1 unspecified atom stereocenters. The van der Waals surface area contributed by atoms with E-state index in [1.165, 1.54) is 13.4 Å². The molecule has 7 heteroatoms. The summed E-state index contributed by atoms with van der Waals surface area (Å²) in [6.45, 7) is 5.76. The molecule has 0 aliphatic carbocycles. The minimum Gasteiger partial charge on any atom is -0.490 e. The van der Waals surface area contributed by atoms with E-state index < -0.39 is 0 Å². The number of halogens is 1. The minimum absolute atomic E-state index is 0.0360. The van der Waals surface area contributed by atoms with Crippen LogP contribution < -0.4 is 10.1 Å². The molecule has 0 bridgehead atoms. The quantitative estimate of drug-likeness (QED) is 0.869. The summed E-state index contributed by atoms with van der Waals surface area (Å²) in [6.07, 6.45) is 1.38. The summed E-state index contributed by atoms with van der Waals surface area (Å²) in [5.74, 6) is 1.73. The third kappa shape index (κ3) is 2.63. The van der Waals surface area contributed by atoms with Gasteiger partial charge in [-0.25, -0.2) is 9.97 Å². The SMILES string of the molecule is COc1c(Cl)ncnc1NC(C)c1c(C)noc1C. The lowest BCUT2D eigenvalue weighted by Gasteiger charge is -2.16. The molecule has 2 rings (SSSR count). The number of rotatable bonds is 4. The number of aromatic nitrogens is 3. The van der Waals surface area contributed by atoms with Crippen LogP contribution in [0.1, 0.15) is 30.0 Å². The molecule has 0 saturated carbocycles. The van der Waals surface area contributed by atoms with Gasteiger partial charge in [0.25, 0.3) is 0 Å². The molecule has 0 amide bonds. The second kappa shape index (κ2) is 5.44. The summed E-state index contributed by atoms with van der Waals surface area (Å²) >= 11 is 5.95. The highest BCUT2D eigenvalue weighted by Gasteiger charge is 2.19. The van der Waals surface area contributed by atoms with Crippen molar-refractivity contribution in [3.63, 3.8) is 0 Å². The topological polar surface area (TPSA) is 73.1 Å². The van der Waals surface area contributed by atoms with E-state index in [2.05, 4.69) is 20.4 Å². The summed E-state index contributed by atoms with van der Waals surface area (Å²) in [5.41, 5.74) is 1.84. The molecule has 0 spiro atoms. The lowest BCUT2D eigenvalue weighted by molar-refractivity contribution is 0.391. The zero-order valence-corrected chi connectivity index (χ0v) is 11.9. The molecule has 2 heterocycles. The van der Waals surface area contributed by atoms with Crippen LogP contribution in [0.4, 0.5) is 5.82 Å². The maximum atomic E-state index is 5.95. The molecule has 0 aliphatic rings. The van der Waals surface area contributed by atoms with Crippen LogP contribution in [0.2, 0.25) is 5.15 Å². The predicted molar refractivity (Wildman–Crippen MR) is 71.6 cm³/mol. The molecular weight excluding hydrogens is 268 g/mol. The Morgan fingerprint density at radius 2 is 2.11 bits per heavy atom. The van der Waals surface area contributed by atoms with Crippen molar-refractivity contribution in [3.8, 4) is 5.75 Å². The first-order valence-corrected chi connectivity index (χ1v) is 6.16. The summed E-state index contributed by atoms with van der Waals surface area (Å²) in [7, 11) is 1.52. The standard InChI is InChI=1S/C12H15ClN4O2/c1-6(9-7(2)17-19-8(9)3)16-12-10(18-4)11(13)14-5-15-12/h5-6H,1-4H3,(H,14,15,16). The minimum atomic E-state index is -0.0360. The first kappa shape index (κ1) is 13.6.